The third-order valence-corrected chi connectivity index (χ3v) is 3.51. The third-order valence-electron chi connectivity index (χ3n) is 3.51. The highest BCUT2D eigenvalue weighted by atomic mass is 16.6. The van der Waals surface area contributed by atoms with Gasteiger partial charge in [-0.15, -0.1) is 0 Å². The van der Waals surface area contributed by atoms with Gasteiger partial charge < -0.3 is 14.9 Å². The predicted octanol–water partition coefficient (Wildman–Crippen LogP) is 3.15. The zero-order chi connectivity index (χ0) is 17.0. The molecule has 6 nitrogen and oxygen atoms in total. The highest BCUT2D eigenvalue weighted by molar-refractivity contribution is 6.04. The van der Waals surface area contributed by atoms with Gasteiger partial charge in [-0.05, 0) is 6.42 Å². The van der Waals surface area contributed by atoms with Crippen molar-refractivity contribution in [1.82, 2.24) is 0 Å². The summed E-state index contributed by atoms with van der Waals surface area (Å²) in [4.78, 5) is 33.7. The molecule has 0 bridgehead atoms. The Morgan fingerprint density at radius 1 is 0.955 bits per heavy atom. The van der Waals surface area contributed by atoms with Crippen LogP contribution in [0.4, 0.5) is 0 Å². The van der Waals surface area contributed by atoms with Gasteiger partial charge in [-0.3, -0.25) is 0 Å². The van der Waals surface area contributed by atoms with Crippen LogP contribution in [0.1, 0.15) is 64.7 Å². The van der Waals surface area contributed by atoms with E-state index in [4.69, 9.17) is 10.2 Å². The predicted molar refractivity (Wildman–Crippen MR) is 81.5 cm³/mol. The SMILES string of the molecule is C=CC(=O)OC(CCCCCCCCCC)(C(=O)O)C(=O)O. The van der Waals surface area contributed by atoms with Crippen LogP contribution in [0.15, 0.2) is 12.7 Å². The van der Waals surface area contributed by atoms with Gasteiger partial charge in [-0.1, -0.05) is 58.4 Å². The number of carboxylic acids is 2. The summed E-state index contributed by atoms with van der Waals surface area (Å²) in [6, 6.07) is 0. The zero-order valence-electron chi connectivity index (χ0n) is 13.2. The molecule has 0 aliphatic rings. The molecule has 0 amide bonds. The molecule has 22 heavy (non-hydrogen) atoms. The number of hydrogen-bond acceptors (Lipinski definition) is 4. The molecule has 0 aromatic rings. The highest BCUT2D eigenvalue weighted by Crippen LogP contribution is 2.22. The molecular formula is C16H26O6. The quantitative estimate of drug-likeness (QED) is 0.234. The van der Waals surface area contributed by atoms with E-state index in [2.05, 4.69) is 18.2 Å². The Bertz CT molecular complexity index is 374. The number of unbranched alkanes of at least 4 members (excludes halogenated alkanes) is 7. The number of carboxylic acid groups (broad SMARTS) is 2. The summed E-state index contributed by atoms with van der Waals surface area (Å²) < 4.78 is 4.61. The third kappa shape index (κ3) is 6.74. The van der Waals surface area contributed by atoms with Crippen molar-refractivity contribution in [3.8, 4) is 0 Å². The second-order valence-corrected chi connectivity index (χ2v) is 5.29. The summed E-state index contributed by atoms with van der Waals surface area (Å²) in [7, 11) is 0. The molecule has 0 saturated carbocycles. The number of rotatable bonds is 13. The van der Waals surface area contributed by atoms with Gasteiger partial charge in [0.1, 0.15) is 0 Å². The van der Waals surface area contributed by atoms with Crippen LogP contribution in [-0.4, -0.2) is 33.7 Å². The summed E-state index contributed by atoms with van der Waals surface area (Å²) in [5.74, 6) is -4.39. The number of carbonyl (C=O) groups excluding carboxylic acids is 1. The lowest BCUT2D eigenvalue weighted by molar-refractivity contribution is -0.189. The molecule has 0 aromatic heterocycles. The van der Waals surface area contributed by atoms with Crippen LogP contribution in [0.2, 0.25) is 0 Å². The van der Waals surface area contributed by atoms with Crippen LogP contribution in [-0.2, 0) is 19.1 Å². The van der Waals surface area contributed by atoms with Crippen molar-refractivity contribution in [2.45, 2.75) is 70.3 Å². The van der Waals surface area contributed by atoms with Crippen LogP contribution < -0.4 is 0 Å². The Morgan fingerprint density at radius 3 is 1.82 bits per heavy atom. The molecule has 0 fully saturated rings. The molecular weight excluding hydrogens is 288 g/mol. The van der Waals surface area contributed by atoms with Crippen molar-refractivity contribution in [3.05, 3.63) is 12.7 Å². The van der Waals surface area contributed by atoms with Crippen molar-refractivity contribution < 1.29 is 29.3 Å². The Kier molecular flexibility index (Phi) is 9.91. The lowest BCUT2D eigenvalue weighted by atomic mass is 9.95. The molecule has 0 atom stereocenters. The Balaban J connectivity index is 4.36. The van der Waals surface area contributed by atoms with Crippen LogP contribution in [0.25, 0.3) is 0 Å². The first kappa shape index (κ1) is 20.1. The number of carbonyl (C=O) groups is 3. The molecule has 0 spiro atoms. The Labute approximate surface area is 131 Å². The van der Waals surface area contributed by atoms with Crippen molar-refractivity contribution >= 4 is 17.9 Å². The van der Waals surface area contributed by atoms with Crippen LogP contribution in [0, 0.1) is 0 Å². The molecule has 0 aromatic carbocycles. The van der Waals surface area contributed by atoms with E-state index in [0.717, 1.165) is 25.3 Å². The summed E-state index contributed by atoms with van der Waals surface area (Å²) in [5, 5.41) is 18.3. The number of aliphatic carboxylic acids is 2. The van der Waals surface area contributed by atoms with Gasteiger partial charge in [0.2, 0.25) is 0 Å². The van der Waals surface area contributed by atoms with E-state index in [-0.39, 0.29) is 6.42 Å². The number of hydrogen-bond donors (Lipinski definition) is 2. The normalized spacial score (nSPS) is 11.0. The van der Waals surface area contributed by atoms with Crippen molar-refractivity contribution in [2.24, 2.45) is 0 Å². The lowest BCUT2D eigenvalue weighted by Gasteiger charge is -2.24. The monoisotopic (exact) mass is 314 g/mol. The molecule has 2 N–H and O–H groups in total. The van der Waals surface area contributed by atoms with Crippen molar-refractivity contribution in [2.75, 3.05) is 0 Å². The van der Waals surface area contributed by atoms with E-state index in [1.807, 2.05) is 0 Å². The largest absolute Gasteiger partial charge is 0.478 e. The van der Waals surface area contributed by atoms with Crippen LogP contribution in [0.5, 0.6) is 0 Å². The van der Waals surface area contributed by atoms with Gasteiger partial charge in [0, 0.05) is 12.5 Å². The topological polar surface area (TPSA) is 101 Å². The average Bonchev–Trinajstić information content (AvgIpc) is 2.47. The second-order valence-electron chi connectivity index (χ2n) is 5.29. The fourth-order valence-corrected chi connectivity index (χ4v) is 2.16. The lowest BCUT2D eigenvalue weighted by Crippen LogP contribution is -2.50. The fourth-order valence-electron chi connectivity index (χ4n) is 2.16. The fraction of sp³-hybridized carbons (Fsp3) is 0.688. The standard InChI is InChI=1S/C16H26O6/c1-3-5-6-7-8-9-10-11-12-16(14(18)19,15(20)21)22-13(17)4-2/h4H,2-3,5-12H2,1H3,(H,18,19)(H,20,21). The molecule has 0 aliphatic heterocycles. The average molecular weight is 314 g/mol. The summed E-state index contributed by atoms with van der Waals surface area (Å²) in [6.45, 7) is 5.29. The first-order valence-electron chi connectivity index (χ1n) is 7.73. The van der Waals surface area contributed by atoms with Crippen LogP contribution >= 0.6 is 0 Å². The first-order chi connectivity index (χ1) is 10.4. The van der Waals surface area contributed by atoms with Gasteiger partial charge in [-0.2, -0.15) is 0 Å². The van der Waals surface area contributed by atoms with E-state index in [9.17, 15) is 14.4 Å². The zero-order valence-corrected chi connectivity index (χ0v) is 13.2. The molecule has 0 unspecified atom stereocenters. The molecule has 0 rings (SSSR count). The summed E-state index contributed by atoms with van der Waals surface area (Å²) in [6.07, 6.45) is 8.24. The molecule has 0 saturated heterocycles. The molecule has 0 radical (unpaired) electrons. The molecule has 0 aliphatic carbocycles. The van der Waals surface area contributed by atoms with Gasteiger partial charge in [0.25, 0.3) is 0 Å². The van der Waals surface area contributed by atoms with E-state index in [1.165, 1.54) is 19.3 Å². The first-order valence-corrected chi connectivity index (χ1v) is 7.73. The van der Waals surface area contributed by atoms with E-state index < -0.39 is 23.5 Å². The van der Waals surface area contributed by atoms with Gasteiger partial charge in [-0.25, -0.2) is 14.4 Å². The minimum atomic E-state index is -2.52. The summed E-state index contributed by atoms with van der Waals surface area (Å²) in [5.41, 5.74) is -2.52. The van der Waals surface area contributed by atoms with Gasteiger partial charge >= 0.3 is 23.5 Å². The number of esters is 1. The van der Waals surface area contributed by atoms with E-state index in [0.29, 0.717) is 12.8 Å². The number of ether oxygens (including phenoxy) is 1. The van der Waals surface area contributed by atoms with Crippen molar-refractivity contribution in [1.29, 1.82) is 0 Å². The van der Waals surface area contributed by atoms with E-state index >= 15 is 0 Å². The maximum absolute atomic E-state index is 11.3. The minimum absolute atomic E-state index is 0.244. The molecule has 126 valence electrons. The van der Waals surface area contributed by atoms with E-state index in [1.54, 1.807) is 0 Å². The summed E-state index contributed by atoms with van der Waals surface area (Å²) >= 11 is 0. The molecule has 6 heteroatoms. The maximum Gasteiger partial charge on any atom is 0.360 e. The Morgan fingerprint density at radius 2 is 1.41 bits per heavy atom. The smallest absolute Gasteiger partial charge is 0.360 e. The second kappa shape index (κ2) is 10.8. The maximum atomic E-state index is 11.3. The van der Waals surface area contributed by atoms with Gasteiger partial charge in [0.15, 0.2) is 0 Å². The van der Waals surface area contributed by atoms with Crippen molar-refractivity contribution in [3.63, 3.8) is 0 Å². The minimum Gasteiger partial charge on any atom is -0.478 e. The Hall–Kier alpha value is -1.85. The molecule has 0 heterocycles. The van der Waals surface area contributed by atoms with Gasteiger partial charge in [0.05, 0.1) is 0 Å². The van der Waals surface area contributed by atoms with Crippen LogP contribution in [0.3, 0.4) is 0 Å². The highest BCUT2D eigenvalue weighted by Gasteiger charge is 2.50.